The van der Waals surface area contributed by atoms with Gasteiger partial charge in [-0.25, -0.2) is 4.68 Å². The van der Waals surface area contributed by atoms with Crippen LogP contribution in [0.3, 0.4) is 0 Å². The largest absolute Gasteiger partial charge is 0.294 e. The molecule has 96 valence electrons. The van der Waals surface area contributed by atoms with Gasteiger partial charge in [-0.2, -0.15) is 0 Å². The number of hydrogen-bond donors (Lipinski definition) is 1. The van der Waals surface area contributed by atoms with Crippen LogP contribution in [0, 0.1) is 6.92 Å². The maximum absolute atomic E-state index is 12.1. The summed E-state index contributed by atoms with van der Waals surface area (Å²) in [5.74, 6) is 0.245. The Labute approximate surface area is 119 Å². The molecular formula is C13H14BrClN2O. The fourth-order valence-corrected chi connectivity index (χ4v) is 2.62. The molecule has 0 amide bonds. The molecule has 0 saturated carbocycles. The Kier molecular flexibility index (Phi) is 3.69. The van der Waals surface area contributed by atoms with Gasteiger partial charge in [0, 0.05) is 5.02 Å². The van der Waals surface area contributed by atoms with Crippen molar-refractivity contribution in [1.29, 1.82) is 0 Å². The van der Waals surface area contributed by atoms with Crippen LogP contribution >= 0.6 is 27.5 Å². The van der Waals surface area contributed by atoms with Crippen molar-refractivity contribution in [1.82, 2.24) is 9.78 Å². The number of aryl methyl sites for hydroxylation is 1. The molecule has 0 unspecified atom stereocenters. The molecule has 1 heterocycles. The number of hydrogen-bond acceptors (Lipinski definition) is 1. The molecule has 0 saturated heterocycles. The molecule has 2 aromatic rings. The van der Waals surface area contributed by atoms with E-state index in [1.54, 1.807) is 6.07 Å². The number of aromatic amines is 1. The highest BCUT2D eigenvalue weighted by atomic mass is 79.9. The third-order valence-electron chi connectivity index (χ3n) is 2.85. The highest BCUT2D eigenvalue weighted by molar-refractivity contribution is 9.10. The number of halogens is 2. The molecule has 3 nitrogen and oxygen atoms in total. The van der Waals surface area contributed by atoms with E-state index >= 15 is 0 Å². The van der Waals surface area contributed by atoms with E-state index in [0.717, 1.165) is 16.9 Å². The summed E-state index contributed by atoms with van der Waals surface area (Å²) < 4.78 is 2.08. The average Bonchev–Trinajstić information content (AvgIpc) is 2.60. The van der Waals surface area contributed by atoms with E-state index in [-0.39, 0.29) is 11.5 Å². The number of aromatic nitrogens is 2. The number of rotatable bonds is 2. The molecule has 5 heteroatoms. The maximum atomic E-state index is 12.1. The van der Waals surface area contributed by atoms with Gasteiger partial charge >= 0.3 is 0 Å². The van der Waals surface area contributed by atoms with Crippen LogP contribution in [0.15, 0.2) is 27.5 Å². The molecule has 0 atom stereocenters. The number of nitrogens with zero attached hydrogens (tertiary/aromatic N) is 1. The molecule has 0 fully saturated rings. The summed E-state index contributed by atoms with van der Waals surface area (Å²) in [5, 5.41) is 3.76. The van der Waals surface area contributed by atoms with Gasteiger partial charge in [-0.1, -0.05) is 31.5 Å². The van der Waals surface area contributed by atoms with E-state index < -0.39 is 0 Å². The van der Waals surface area contributed by atoms with Gasteiger partial charge in [0.25, 0.3) is 5.56 Å². The van der Waals surface area contributed by atoms with Gasteiger partial charge < -0.3 is 0 Å². The second kappa shape index (κ2) is 4.94. The lowest BCUT2D eigenvalue weighted by Crippen LogP contribution is -2.14. The van der Waals surface area contributed by atoms with Crippen molar-refractivity contribution >= 4 is 27.5 Å². The van der Waals surface area contributed by atoms with E-state index in [0.29, 0.717) is 9.50 Å². The molecule has 1 aromatic heterocycles. The van der Waals surface area contributed by atoms with E-state index in [1.165, 1.54) is 4.68 Å². The third kappa shape index (κ3) is 2.27. The molecule has 0 aliphatic carbocycles. The first kappa shape index (κ1) is 13.4. The van der Waals surface area contributed by atoms with Crippen LogP contribution in [0.5, 0.6) is 0 Å². The van der Waals surface area contributed by atoms with Crippen LogP contribution < -0.4 is 5.56 Å². The quantitative estimate of drug-likeness (QED) is 0.888. The lowest BCUT2D eigenvalue weighted by atomic mass is 10.1. The van der Waals surface area contributed by atoms with Crippen LogP contribution in [0.25, 0.3) is 5.69 Å². The molecule has 0 radical (unpaired) electrons. The van der Waals surface area contributed by atoms with E-state index in [2.05, 4.69) is 21.0 Å². The Bertz CT molecular complexity index is 643. The molecular weight excluding hydrogens is 316 g/mol. The van der Waals surface area contributed by atoms with E-state index in [1.807, 2.05) is 32.9 Å². The Morgan fingerprint density at radius 2 is 2.06 bits per heavy atom. The Morgan fingerprint density at radius 1 is 1.39 bits per heavy atom. The number of H-pyrrole nitrogens is 1. The maximum Gasteiger partial charge on any atom is 0.285 e. The lowest BCUT2D eigenvalue weighted by Gasteiger charge is -2.05. The molecule has 0 bridgehead atoms. The normalized spacial score (nSPS) is 11.2. The monoisotopic (exact) mass is 328 g/mol. The van der Waals surface area contributed by atoms with Gasteiger partial charge in [0.2, 0.25) is 0 Å². The van der Waals surface area contributed by atoms with Gasteiger partial charge in [0.15, 0.2) is 0 Å². The fourth-order valence-electron chi connectivity index (χ4n) is 1.72. The van der Waals surface area contributed by atoms with E-state index in [4.69, 9.17) is 11.6 Å². The van der Waals surface area contributed by atoms with Crippen molar-refractivity contribution in [3.63, 3.8) is 0 Å². The van der Waals surface area contributed by atoms with Crippen molar-refractivity contribution in [2.45, 2.75) is 26.7 Å². The molecule has 1 N–H and O–H groups in total. The van der Waals surface area contributed by atoms with Gasteiger partial charge in [0.05, 0.1) is 11.4 Å². The van der Waals surface area contributed by atoms with Crippen molar-refractivity contribution in [3.8, 4) is 5.69 Å². The minimum absolute atomic E-state index is 0.0985. The summed E-state index contributed by atoms with van der Waals surface area (Å²) in [4.78, 5) is 12.1. The SMILES string of the molecule is Cc1ccc(-n2[nH]c(C(C)C)c(Br)c2=O)cc1Cl. The predicted molar refractivity (Wildman–Crippen MR) is 77.9 cm³/mol. The molecule has 0 aliphatic heterocycles. The summed E-state index contributed by atoms with van der Waals surface area (Å²) >= 11 is 9.42. The Morgan fingerprint density at radius 3 is 2.56 bits per heavy atom. The smallest absolute Gasteiger partial charge is 0.285 e. The first-order valence-electron chi connectivity index (χ1n) is 5.68. The fraction of sp³-hybridized carbons (Fsp3) is 0.308. The first-order valence-corrected chi connectivity index (χ1v) is 6.86. The van der Waals surface area contributed by atoms with Gasteiger partial charge in [-0.05, 0) is 46.5 Å². The first-order chi connectivity index (χ1) is 8.41. The Hall–Kier alpha value is -1.000. The van der Waals surface area contributed by atoms with Crippen molar-refractivity contribution in [2.24, 2.45) is 0 Å². The Balaban J connectivity index is 2.61. The molecule has 0 aliphatic rings. The van der Waals surface area contributed by atoms with Crippen molar-refractivity contribution < 1.29 is 0 Å². The van der Waals surface area contributed by atoms with Crippen molar-refractivity contribution in [2.75, 3.05) is 0 Å². The minimum atomic E-state index is -0.0985. The average molecular weight is 330 g/mol. The summed E-state index contributed by atoms with van der Waals surface area (Å²) in [7, 11) is 0. The summed E-state index contributed by atoms with van der Waals surface area (Å²) in [6.07, 6.45) is 0. The summed E-state index contributed by atoms with van der Waals surface area (Å²) in [6, 6.07) is 5.55. The predicted octanol–water partition coefficient (Wildman–Crippen LogP) is 4.01. The van der Waals surface area contributed by atoms with Crippen LogP contribution in [-0.4, -0.2) is 9.78 Å². The molecule has 1 aromatic carbocycles. The third-order valence-corrected chi connectivity index (χ3v) is 4.02. The summed E-state index contributed by atoms with van der Waals surface area (Å²) in [5.41, 5.74) is 2.52. The topological polar surface area (TPSA) is 37.8 Å². The highest BCUT2D eigenvalue weighted by Gasteiger charge is 2.15. The second-order valence-electron chi connectivity index (χ2n) is 4.57. The van der Waals surface area contributed by atoms with Crippen LogP contribution in [0.2, 0.25) is 5.02 Å². The zero-order valence-electron chi connectivity index (χ0n) is 10.4. The molecule has 18 heavy (non-hydrogen) atoms. The van der Waals surface area contributed by atoms with Crippen molar-refractivity contribution in [3.05, 3.63) is 49.3 Å². The zero-order chi connectivity index (χ0) is 13.4. The van der Waals surface area contributed by atoms with Gasteiger partial charge in [0.1, 0.15) is 4.47 Å². The zero-order valence-corrected chi connectivity index (χ0v) is 12.8. The number of nitrogens with one attached hydrogen (secondary N) is 1. The van der Waals surface area contributed by atoms with Crippen LogP contribution in [-0.2, 0) is 0 Å². The van der Waals surface area contributed by atoms with Gasteiger partial charge in [-0.3, -0.25) is 9.89 Å². The van der Waals surface area contributed by atoms with E-state index in [9.17, 15) is 4.79 Å². The minimum Gasteiger partial charge on any atom is -0.294 e. The van der Waals surface area contributed by atoms with Crippen LogP contribution in [0.1, 0.15) is 31.0 Å². The number of benzene rings is 1. The second-order valence-corrected chi connectivity index (χ2v) is 5.77. The standard InChI is InChI=1S/C13H14BrClN2O/c1-7(2)12-11(14)13(18)17(16-12)9-5-4-8(3)10(15)6-9/h4-7,16H,1-3H3. The highest BCUT2D eigenvalue weighted by Crippen LogP contribution is 2.22. The molecule has 2 rings (SSSR count). The summed E-state index contributed by atoms with van der Waals surface area (Å²) in [6.45, 7) is 5.99. The van der Waals surface area contributed by atoms with Gasteiger partial charge in [-0.15, -0.1) is 0 Å². The van der Waals surface area contributed by atoms with Crippen LogP contribution in [0.4, 0.5) is 0 Å². The molecule has 0 spiro atoms. The lowest BCUT2D eigenvalue weighted by molar-refractivity contribution is 0.759.